The Balaban J connectivity index is 0.000000283. The third-order valence-electron chi connectivity index (χ3n) is 20.5. The number of ether oxygens (including phenoxy) is 9. The predicted molar refractivity (Wildman–Crippen MR) is 550 cm³/mol. The van der Waals surface area contributed by atoms with Crippen molar-refractivity contribution in [3.63, 3.8) is 0 Å². The second kappa shape index (κ2) is 59.4. The van der Waals surface area contributed by atoms with Crippen LogP contribution in [0, 0.1) is 65.6 Å². The number of ketones is 4. The molecule has 5 atom stereocenters. The van der Waals surface area contributed by atoms with Crippen molar-refractivity contribution >= 4 is 161 Å². The van der Waals surface area contributed by atoms with Crippen molar-refractivity contribution in [3.05, 3.63) is 324 Å². The number of benzene rings is 9. The highest BCUT2D eigenvalue weighted by Gasteiger charge is 2.31. The van der Waals surface area contributed by atoms with Crippen LogP contribution < -0.4 is 4.74 Å². The Kier molecular flexibility index (Phi) is 49.4. The van der Waals surface area contributed by atoms with Gasteiger partial charge in [0.1, 0.15) is 99.3 Å². The first kappa shape index (κ1) is 114. The largest absolute Gasteiger partial charge is 0.508 e. The maximum Gasteiger partial charge on any atom is 0.333 e. The molecule has 0 amide bonds. The first-order valence-electron chi connectivity index (χ1n) is 43.7. The van der Waals surface area contributed by atoms with Crippen LogP contribution in [-0.4, -0.2) is 149 Å². The Morgan fingerprint density at radius 1 is 0.321 bits per heavy atom. The molecule has 137 heavy (non-hydrogen) atoms. The number of hydrogen-bond acceptors (Lipinski definition) is 26. The van der Waals surface area contributed by atoms with E-state index in [9.17, 15) is 83.1 Å². The summed E-state index contributed by atoms with van der Waals surface area (Å²) >= 11 is 8.50. The molecule has 26 nitrogen and oxygen atoms in total. The van der Waals surface area contributed by atoms with E-state index in [4.69, 9.17) is 42.6 Å². The minimum absolute atomic E-state index is 0.0195. The van der Waals surface area contributed by atoms with Gasteiger partial charge < -0.3 is 68.2 Å². The van der Waals surface area contributed by atoms with Crippen molar-refractivity contribution in [1.82, 2.24) is 0 Å². The summed E-state index contributed by atoms with van der Waals surface area (Å²) in [6, 6.07) is 56.7. The van der Waals surface area contributed by atoms with Gasteiger partial charge in [0.05, 0.1) is 38.0 Å². The molecule has 0 spiro atoms. The Morgan fingerprint density at radius 2 is 0.591 bits per heavy atom. The predicted octanol–water partition coefficient (Wildman–Crippen LogP) is 19.4. The van der Waals surface area contributed by atoms with Crippen LogP contribution in [0.4, 0.5) is 0 Å². The lowest BCUT2D eigenvalue weighted by Gasteiger charge is -2.18. The fraction of sp³-hybridized carbons (Fsp3) is 0.308. The van der Waals surface area contributed by atoms with Crippen LogP contribution in [0.25, 0.3) is 0 Å². The summed E-state index contributed by atoms with van der Waals surface area (Å²) in [5.74, 6) is -6.34. The lowest BCUT2D eigenvalue weighted by Crippen LogP contribution is -2.27. The molecule has 0 aromatic heterocycles. The molecule has 9 aromatic carbocycles. The van der Waals surface area contributed by atoms with E-state index in [-0.39, 0.29) is 154 Å². The van der Waals surface area contributed by atoms with Crippen molar-refractivity contribution < 1.29 is 126 Å². The molecule has 0 bridgehead atoms. The normalized spacial score (nSPS) is 11.7. The van der Waals surface area contributed by atoms with Crippen molar-refractivity contribution in [3.8, 4) is 34.5 Å². The zero-order valence-corrected chi connectivity index (χ0v) is 86.3. The van der Waals surface area contributed by atoms with Gasteiger partial charge in [-0.3, -0.25) is 38.4 Å². The summed E-state index contributed by atoms with van der Waals surface area (Å²) in [6.45, 7) is 27.0. The molecule has 0 aliphatic carbocycles. The van der Waals surface area contributed by atoms with Gasteiger partial charge in [-0.25, -0.2) is 19.2 Å². The first-order valence-corrected chi connectivity index (χ1v) is 48.0. The van der Waals surface area contributed by atoms with E-state index in [1.165, 1.54) is 64.1 Å². The standard InChI is InChI=1S/C32H30I4O7.C26H30O6.C25H28O7.C24H26O6/c1-18(2)31(39)41-10-11-42-32(40)22(15-23(37)9-8-20-6-4-19(3)5-7-20)12-21-13-27(35)30(28(36)14-21)43-24-16-25(33)29(38)26(34)17-24;1-18(2)25(29)31-14-15-32-26(30)22(16-21-9-11-23(27)12-10-21)17-24(28)13-8-20-6-4-19(3)5-7-20;1-16(2)24(29)31-12-13-32-25(30)20(14-18-6-10-21(26)11-7-18)15-22(27)23(28)19-8-4-17(3)5-9-19;1-16(2)23(27)29-12-13-30-24(28)20(14-18-6-10-21(25)11-7-18)15-22(26)19-8-4-17(3)5-9-19/h4-7,13-14,16-17,22,38H,1,8-12,15H2,2-3H3;4-7,9-12,22,27H,1,8,13-17H2,2-3H3;4-11,20,23,26,28H,1,12-15H2,2-3H3;4-11,20,25H,1,12-15H2,2-3H3/t2*22-;20-,23-;20-/m1111/s1. The van der Waals surface area contributed by atoms with E-state index < -0.39 is 83.3 Å². The van der Waals surface area contributed by atoms with Crippen LogP contribution in [0.5, 0.6) is 34.5 Å². The highest BCUT2D eigenvalue weighted by atomic mass is 127. The van der Waals surface area contributed by atoms with Crippen LogP contribution in [-0.2, 0) is 129 Å². The van der Waals surface area contributed by atoms with E-state index in [0.717, 1.165) is 62.8 Å². The number of aliphatic hydroxyl groups is 1. The molecule has 0 aliphatic heterocycles. The number of halogens is 4. The molecule has 5 N–H and O–H groups in total. The monoisotopic (exact) mass is 2320 g/mol. The number of hydrogen-bond donors (Lipinski definition) is 5. The summed E-state index contributed by atoms with van der Waals surface area (Å²) in [7, 11) is 0. The molecular formula is C107H114I4O26. The van der Waals surface area contributed by atoms with E-state index in [1.54, 1.807) is 84.9 Å². The molecule has 0 fully saturated rings. The molecule has 0 unspecified atom stereocenters. The Labute approximate surface area is 852 Å². The smallest absolute Gasteiger partial charge is 0.333 e. The maximum atomic E-state index is 13.2. The molecule has 0 radical (unpaired) electrons. The number of rotatable bonds is 47. The SMILES string of the molecule is C=C(C)C(=O)OCCOC(=O)[C@@H](CC(=O)CCc1ccc(C)cc1)Cc1cc(I)c(Oc2cc(I)c(O)c(I)c2)c(I)c1.C=C(C)C(=O)OCCOC(=O)[C@@H](CC(=O)CCc1ccc(C)cc1)Cc1ccc(O)cc1.C=C(C)C(=O)OCCOC(=O)[C@@H](CC(=O)[C@H](O)c1ccc(C)cc1)Cc1ccc(O)cc1.C=C(C)C(=O)OCCOC(=O)[C@@H](CC(=O)c1ccc(C)cc1)Cc1ccc(O)cc1. The van der Waals surface area contributed by atoms with Gasteiger partial charge in [0.2, 0.25) is 0 Å². The van der Waals surface area contributed by atoms with Gasteiger partial charge in [0, 0.05) is 66.4 Å². The van der Waals surface area contributed by atoms with Crippen LogP contribution in [0.15, 0.2) is 243 Å². The van der Waals surface area contributed by atoms with Crippen LogP contribution in [0.1, 0.15) is 144 Å². The number of phenolic OH excluding ortho intramolecular Hbond substituents is 4. The Hall–Kier alpha value is -11.7. The average Bonchev–Trinajstić information content (AvgIpc) is 0.811. The van der Waals surface area contributed by atoms with Gasteiger partial charge in [0.25, 0.3) is 0 Å². The average molecular weight is 2320 g/mol. The maximum absolute atomic E-state index is 13.2. The Bertz CT molecular complexity index is 5610. The second-order valence-electron chi connectivity index (χ2n) is 32.6. The van der Waals surface area contributed by atoms with Crippen LogP contribution in [0.2, 0.25) is 0 Å². The third kappa shape index (κ3) is 42.8. The molecule has 0 heterocycles. The van der Waals surface area contributed by atoms with Gasteiger partial charge in [-0.15, -0.1) is 0 Å². The van der Waals surface area contributed by atoms with Gasteiger partial charge in [-0.05, 0) is 284 Å². The number of phenols is 4. The number of aryl methyl sites for hydroxylation is 6. The van der Waals surface area contributed by atoms with Crippen LogP contribution in [0.3, 0.4) is 0 Å². The minimum atomic E-state index is -1.36. The zero-order chi connectivity index (χ0) is 101. The number of aromatic hydroxyl groups is 4. The quantitative estimate of drug-likeness (QED) is 0.00590. The molecule has 9 aromatic rings. The van der Waals surface area contributed by atoms with Gasteiger partial charge in [-0.2, -0.15) is 0 Å². The topological polar surface area (TPSA) is 389 Å². The number of esters is 8. The molecule has 0 saturated heterocycles. The highest BCUT2D eigenvalue weighted by molar-refractivity contribution is 14.1. The summed E-state index contributed by atoms with van der Waals surface area (Å²) in [5.41, 5.74) is 11.7. The molecular weight excluding hydrogens is 2210 g/mol. The summed E-state index contributed by atoms with van der Waals surface area (Å²) in [5, 5.41) is 48.9. The zero-order valence-electron chi connectivity index (χ0n) is 77.7. The number of carbonyl (C=O) groups is 12. The van der Waals surface area contributed by atoms with Crippen molar-refractivity contribution in [1.29, 1.82) is 0 Å². The first-order chi connectivity index (χ1) is 65.0. The van der Waals surface area contributed by atoms with Crippen LogP contribution >= 0.6 is 90.4 Å². The molecule has 0 saturated carbocycles. The lowest BCUT2D eigenvalue weighted by molar-refractivity contribution is -0.155. The van der Waals surface area contributed by atoms with E-state index in [2.05, 4.69) is 117 Å². The van der Waals surface area contributed by atoms with E-state index in [0.29, 0.717) is 68.3 Å². The number of Topliss-reactive ketones (excluding diaryl/α,β-unsaturated/α-hetero) is 4. The summed E-state index contributed by atoms with van der Waals surface area (Å²) in [4.78, 5) is 148. The van der Waals surface area contributed by atoms with Crippen molar-refractivity contribution in [2.75, 3.05) is 52.9 Å². The Morgan fingerprint density at radius 3 is 0.905 bits per heavy atom. The second-order valence-corrected chi connectivity index (χ2v) is 37.2. The molecule has 9 rings (SSSR count). The molecule has 30 heteroatoms. The summed E-state index contributed by atoms with van der Waals surface area (Å²) in [6.07, 6.45) is 1.38. The van der Waals surface area contributed by atoms with E-state index in [1.807, 2.05) is 100 Å². The van der Waals surface area contributed by atoms with Gasteiger partial charge in [-0.1, -0.05) is 182 Å². The van der Waals surface area contributed by atoms with E-state index >= 15 is 0 Å². The highest BCUT2D eigenvalue weighted by Crippen LogP contribution is 2.38. The van der Waals surface area contributed by atoms with Gasteiger partial charge >= 0.3 is 47.8 Å². The molecule has 726 valence electrons. The lowest BCUT2D eigenvalue weighted by atomic mass is 9.91. The fourth-order valence-corrected chi connectivity index (χ4v) is 16.6. The molecule has 0 aliphatic rings. The van der Waals surface area contributed by atoms with Crippen molar-refractivity contribution in [2.45, 2.75) is 139 Å². The fourth-order valence-electron chi connectivity index (χ4n) is 12.8. The number of carbonyl (C=O) groups excluding carboxylic acids is 12. The third-order valence-corrected chi connectivity index (χ3v) is 23.7. The minimum Gasteiger partial charge on any atom is -0.508 e. The van der Waals surface area contributed by atoms with Crippen molar-refractivity contribution in [2.24, 2.45) is 23.7 Å². The summed E-state index contributed by atoms with van der Waals surface area (Å²) < 4.78 is 50.1. The van der Waals surface area contributed by atoms with Gasteiger partial charge in [0.15, 0.2) is 17.3 Å². The number of aliphatic hydroxyl groups excluding tert-OH is 1.